The molecule has 0 saturated carbocycles. The van der Waals surface area contributed by atoms with E-state index in [1.165, 1.54) is 22.7 Å². The van der Waals surface area contributed by atoms with Crippen molar-refractivity contribution in [3.63, 3.8) is 0 Å². The van der Waals surface area contributed by atoms with Crippen LogP contribution >= 0.6 is 22.7 Å². The summed E-state index contributed by atoms with van der Waals surface area (Å²) in [7, 11) is 0. The van der Waals surface area contributed by atoms with Crippen LogP contribution in [0.5, 0.6) is 0 Å². The van der Waals surface area contributed by atoms with Crippen molar-refractivity contribution in [2.45, 2.75) is 6.92 Å². The minimum absolute atomic E-state index is 0.165. The van der Waals surface area contributed by atoms with Gasteiger partial charge in [0.2, 0.25) is 10.1 Å². The van der Waals surface area contributed by atoms with Gasteiger partial charge in [-0.3, -0.25) is 10.1 Å². The number of amides is 1. The van der Waals surface area contributed by atoms with E-state index >= 15 is 0 Å². The zero-order valence-electron chi connectivity index (χ0n) is 12.1. The summed E-state index contributed by atoms with van der Waals surface area (Å²) in [5, 5.41) is 17.9. The number of anilines is 1. The quantitative estimate of drug-likeness (QED) is 0.619. The zero-order chi connectivity index (χ0) is 15.8. The average Bonchev–Trinajstić information content (AvgIpc) is 3.23. The summed E-state index contributed by atoms with van der Waals surface area (Å²) in [5.74, 6) is 0.499. The van der Waals surface area contributed by atoms with E-state index in [2.05, 4.69) is 20.6 Å². The third-order valence-corrected chi connectivity index (χ3v) is 4.92. The normalized spacial score (nSPS) is 11.0. The molecule has 114 valence electrons. The SMILES string of the molecule is Cc1cccc(-c2nnc3sc(NC(=O)c4cccs4)nn23)c1. The minimum atomic E-state index is -0.165. The van der Waals surface area contributed by atoms with E-state index in [4.69, 9.17) is 0 Å². The molecule has 0 spiro atoms. The van der Waals surface area contributed by atoms with Crippen molar-refractivity contribution in [3.05, 3.63) is 52.2 Å². The Labute approximate surface area is 139 Å². The lowest BCUT2D eigenvalue weighted by Crippen LogP contribution is -2.10. The van der Waals surface area contributed by atoms with E-state index in [-0.39, 0.29) is 5.91 Å². The van der Waals surface area contributed by atoms with Crippen LogP contribution in [0.25, 0.3) is 16.3 Å². The largest absolute Gasteiger partial charge is 0.296 e. The summed E-state index contributed by atoms with van der Waals surface area (Å²) in [5.41, 5.74) is 2.08. The van der Waals surface area contributed by atoms with Gasteiger partial charge in [-0.1, -0.05) is 41.2 Å². The van der Waals surface area contributed by atoms with E-state index in [1.54, 1.807) is 10.6 Å². The molecule has 1 amide bonds. The fourth-order valence-electron chi connectivity index (χ4n) is 2.20. The Hall–Kier alpha value is -2.58. The molecule has 3 heterocycles. The van der Waals surface area contributed by atoms with Crippen molar-refractivity contribution >= 4 is 38.7 Å². The monoisotopic (exact) mass is 341 g/mol. The smallest absolute Gasteiger partial charge is 0.267 e. The number of hydrogen-bond acceptors (Lipinski definition) is 6. The Bertz CT molecular complexity index is 987. The van der Waals surface area contributed by atoms with Gasteiger partial charge in [-0.05, 0) is 24.4 Å². The van der Waals surface area contributed by atoms with Crippen molar-refractivity contribution in [3.8, 4) is 11.4 Å². The molecule has 4 rings (SSSR count). The van der Waals surface area contributed by atoms with Gasteiger partial charge in [0.25, 0.3) is 5.91 Å². The lowest BCUT2D eigenvalue weighted by molar-refractivity contribution is 0.103. The molecule has 0 radical (unpaired) electrons. The van der Waals surface area contributed by atoms with E-state index in [9.17, 15) is 4.79 Å². The molecule has 8 heteroatoms. The molecule has 0 bridgehead atoms. The third-order valence-electron chi connectivity index (χ3n) is 3.23. The summed E-state index contributed by atoms with van der Waals surface area (Å²) in [6.07, 6.45) is 0. The van der Waals surface area contributed by atoms with Gasteiger partial charge < -0.3 is 0 Å². The number of rotatable bonds is 3. The highest BCUT2D eigenvalue weighted by Crippen LogP contribution is 2.25. The number of aryl methyl sites for hydroxylation is 1. The van der Waals surface area contributed by atoms with Gasteiger partial charge in [0.1, 0.15) is 0 Å². The number of nitrogens with zero attached hydrogens (tertiary/aromatic N) is 4. The molecule has 0 atom stereocenters. The second-order valence-corrected chi connectivity index (χ2v) is 6.83. The maximum absolute atomic E-state index is 12.1. The van der Waals surface area contributed by atoms with Crippen LogP contribution in [0, 0.1) is 6.92 Å². The third kappa shape index (κ3) is 2.62. The zero-order valence-corrected chi connectivity index (χ0v) is 13.7. The fourth-order valence-corrected chi connectivity index (χ4v) is 3.55. The molecule has 0 unspecified atom stereocenters. The van der Waals surface area contributed by atoms with Crippen LogP contribution in [0.1, 0.15) is 15.2 Å². The van der Waals surface area contributed by atoms with Gasteiger partial charge in [-0.2, -0.15) is 4.52 Å². The molecular weight excluding hydrogens is 330 g/mol. The average molecular weight is 341 g/mol. The number of carbonyl (C=O) groups excluding carboxylic acids is 1. The molecule has 0 aliphatic rings. The molecule has 0 aliphatic heterocycles. The van der Waals surface area contributed by atoms with E-state index in [1.807, 2.05) is 42.6 Å². The van der Waals surface area contributed by atoms with Gasteiger partial charge in [-0.15, -0.1) is 26.6 Å². The lowest BCUT2D eigenvalue weighted by Gasteiger charge is -1.99. The second kappa shape index (κ2) is 5.56. The molecule has 1 aromatic carbocycles. The first-order valence-corrected chi connectivity index (χ1v) is 8.54. The van der Waals surface area contributed by atoms with Crippen LogP contribution in [-0.2, 0) is 0 Å². The van der Waals surface area contributed by atoms with Crippen LogP contribution in [-0.4, -0.2) is 25.7 Å². The number of benzene rings is 1. The van der Waals surface area contributed by atoms with Crippen LogP contribution in [0.2, 0.25) is 0 Å². The first-order valence-electron chi connectivity index (χ1n) is 6.85. The summed E-state index contributed by atoms with van der Waals surface area (Å²) in [6.45, 7) is 2.02. The van der Waals surface area contributed by atoms with Crippen molar-refractivity contribution in [1.29, 1.82) is 0 Å². The number of thiophene rings is 1. The van der Waals surface area contributed by atoms with E-state index in [0.29, 0.717) is 20.8 Å². The van der Waals surface area contributed by atoms with E-state index in [0.717, 1.165) is 11.1 Å². The van der Waals surface area contributed by atoms with Gasteiger partial charge >= 0.3 is 0 Å². The van der Waals surface area contributed by atoms with Crippen LogP contribution in [0.4, 0.5) is 5.13 Å². The second-order valence-electron chi connectivity index (χ2n) is 4.93. The highest BCUT2D eigenvalue weighted by molar-refractivity contribution is 7.20. The number of carbonyl (C=O) groups is 1. The Morgan fingerprint density at radius 1 is 1.22 bits per heavy atom. The molecular formula is C15H11N5OS2. The lowest BCUT2D eigenvalue weighted by atomic mass is 10.1. The summed E-state index contributed by atoms with van der Waals surface area (Å²) in [6, 6.07) is 11.6. The van der Waals surface area contributed by atoms with Crippen LogP contribution < -0.4 is 5.32 Å². The van der Waals surface area contributed by atoms with Crippen molar-refractivity contribution in [2.24, 2.45) is 0 Å². The van der Waals surface area contributed by atoms with Crippen molar-refractivity contribution < 1.29 is 4.79 Å². The maximum atomic E-state index is 12.1. The highest BCUT2D eigenvalue weighted by atomic mass is 32.1. The number of aromatic nitrogens is 4. The van der Waals surface area contributed by atoms with Crippen molar-refractivity contribution in [1.82, 2.24) is 19.8 Å². The maximum Gasteiger partial charge on any atom is 0.267 e. The molecule has 3 aromatic heterocycles. The summed E-state index contributed by atoms with van der Waals surface area (Å²) in [4.78, 5) is 13.4. The van der Waals surface area contributed by atoms with Crippen LogP contribution in [0.15, 0.2) is 41.8 Å². The molecule has 1 N–H and O–H groups in total. The first-order chi connectivity index (χ1) is 11.2. The van der Waals surface area contributed by atoms with Gasteiger partial charge in [0.05, 0.1) is 4.88 Å². The fraction of sp³-hybridized carbons (Fsp3) is 0.0667. The molecule has 0 saturated heterocycles. The van der Waals surface area contributed by atoms with Gasteiger partial charge in [0, 0.05) is 5.56 Å². The molecule has 0 fully saturated rings. The Morgan fingerprint density at radius 3 is 2.91 bits per heavy atom. The number of nitrogens with one attached hydrogen (secondary N) is 1. The topological polar surface area (TPSA) is 72.2 Å². The molecule has 4 aromatic rings. The van der Waals surface area contributed by atoms with E-state index < -0.39 is 0 Å². The van der Waals surface area contributed by atoms with Crippen LogP contribution in [0.3, 0.4) is 0 Å². The Balaban J connectivity index is 1.68. The highest BCUT2D eigenvalue weighted by Gasteiger charge is 2.15. The minimum Gasteiger partial charge on any atom is -0.296 e. The Kier molecular flexibility index (Phi) is 3.40. The van der Waals surface area contributed by atoms with Crippen molar-refractivity contribution in [2.75, 3.05) is 5.32 Å². The number of fused-ring (bicyclic) bond motifs is 1. The molecule has 6 nitrogen and oxygen atoms in total. The first kappa shape index (κ1) is 14.0. The van der Waals surface area contributed by atoms with Gasteiger partial charge in [-0.25, -0.2) is 0 Å². The summed E-state index contributed by atoms with van der Waals surface area (Å²) >= 11 is 2.68. The Morgan fingerprint density at radius 2 is 2.13 bits per heavy atom. The molecule has 0 aliphatic carbocycles. The standard InChI is InChI=1S/C15H11N5OS2/c1-9-4-2-5-10(8-9)12-17-18-15-20(12)19-14(23-15)16-13(21)11-6-3-7-22-11/h2-8H,1H3,(H,16,19,21). The predicted octanol–water partition coefficient (Wildman–Crippen LogP) is 3.48. The predicted molar refractivity (Wildman–Crippen MR) is 91.1 cm³/mol. The van der Waals surface area contributed by atoms with Gasteiger partial charge in [0.15, 0.2) is 5.82 Å². The summed E-state index contributed by atoms with van der Waals surface area (Å²) < 4.78 is 1.66. The number of hydrogen-bond donors (Lipinski definition) is 1. The molecule has 23 heavy (non-hydrogen) atoms.